The molecular formula is C26H31N2O6+. The summed E-state index contributed by atoms with van der Waals surface area (Å²) in [5, 5.41) is 5.07. The van der Waals surface area contributed by atoms with Crippen molar-refractivity contribution in [3.63, 3.8) is 0 Å². The van der Waals surface area contributed by atoms with Gasteiger partial charge in [0.05, 0.1) is 37.9 Å². The number of fused-ring (bicyclic) bond motifs is 1. The van der Waals surface area contributed by atoms with Crippen molar-refractivity contribution in [1.82, 2.24) is 0 Å². The minimum absolute atomic E-state index is 0.420. The Hall–Kier alpha value is -3.62. The van der Waals surface area contributed by atoms with Gasteiger partial charge in [0.25, 0.3) is 5.52 Å². The second kappa shape index (κ2) is 13.8. The highest BCUT2D eigenvalue weighted by molar-refractivity contribution is 6.11. The maximum atomic E-state index is 5.78. The fourth-order valence-electron chi connectivity index (χ4n) is 3.23. The first-order valence-electron chi connectivity index (χ1n) is 11.0. The van der Waals surface area contributed by atoms with Gasteiger partial charge >= 0.3 is 0 Å². The summed E-state index contributed by atoms with van der Waals surface area (Å²) in [5.41, 5.74) is 2.52. The first-order chi connectivity index (χ1) is 16.7. The molecule has 1 aromatic carbocycles. The zero-order chi connectivity index (χ0) is 24.0. The summed E-state index contributed by atoms with van der Waals surface area (Å²) in [5.74, 6) is 1.46. The van der Waals surface area contributed by atoms with Crippen LogP contribution in [0.3, 0.4) is 0 Å². The van der Waals surface area contributed by atoms with Crippen LogP contribution in [0.15, 0.2) is 90.0 Å². The molecule has 34 heavy (non-hydrogen) atoms. The van der Waals surface area contributed by atoms with E-state index in [1.54, 1.807) is 17.9 Å². The van der Waals surface area contributed by atoms with Crippen LogP contribution in [0.5, 0.6) is 5.75 Å². The highest BCUT2D eigenvalue weighted by Gasteiger charge is 2.11. The largest absolute Gasteiger partial charge is 0.491 e. The van der Waals surface area contributed by atoms with E-state index in [9.17, 15) is 0 Å². The first-order valence-corrected chi connectivity index (χ1v) is 11.0. The van der Waals surface area contributed by atoms with Gasteiger partial charge in [-0.1, -0.05) is 23.9 Å². The van der Waals surface area contributed by atoms with Crippen LogP contribution in [0.1, 0.15) is 0 Å². The van der Waals surface area contributed by atoms with Gasteiger partial charge in [-0.15, -0.1) is 0 Å². The molecule has 0 fully saturated rings. The van der Waals surface area contributed by atoms with Crippen LogP contribution < -0.4 is 14.3 Å². The standard InChI is InChI=1S/C26H31N2O6/c1-4-6-21-8-10-23(19-25(21)27-29-2)33-17-15-31-13-14-32-16-18-34-24-11-9-22-7-5-12-28(30-3)26(22)20-24/h4-12,19-20H,1,13-18H2,2-3H3/q+1/b21-6-,27-25+. The van der Waals surface area contributed by atoms with E-state index in [2.05, 4.69) is 11.7 Å². The van der Waals surface area contributed by atoms with E-state index in [1.165, 1.54) is 7.11 Å². The molecule has 8 heteroatoms. The van der Waals surface area contributed by atoms with Crippen molar-refractivity contribution in [1.29, 1.82) is 0 Å². The number of benzene rings is 1. The molecule has 0 spiro atoms. The lowest BCUT2D eigenvalue weighted by atomic mass is 10.0. The van der Waals surface area contributed by atoms with E-state index in [-0.39, 0.29) is 0 Å². The van der Waals surface area contributed by atoms with Crippen LogP contribution in [-0.2, 0) is 19.0 Å². The molecule has 0 N–H and O–H groups in total. The number of rotatable bonds is 14. The number of hydrogen-bond acceptors (Lipinski definition) is 7. The van der Waals surface area contributed by atoms with E-state index in [0.717, 1.165) is 22.2 Å². The van der Waals surface area contributed by atoms with Crippen molar-refractivity contribution in [2.24, 2.45) is 5.16 Å². The third-order valence-corrected chi connectivity index (χ3v) is 4.79. The van der Waals surface area contributed by atoms with Gasteiger partial charge in [0.1, 0.15) is 44.7 Å². The van der Waals surface area contributed by atoms with Crippen LogP contribution in [0, 0.1) is 0 Å². The highest BCUT2D eigenvalue weighted by atomic mass is 16.6. The fraction of sp³-hybridized carbons (Fsp3) is 0.308. The molecule has 3 rings (SSSR count). The molecule has 0 saturated carbocycles. The van der Waals surface area contributed by atoms with Crippen molar-refractivity contribution in [2.75, 3.05) is 53.9 Å². The predicted octanol–water partition coefficient (Wildman–Crippen LogP) is 3.18. The summed E-state index contributed by atoms with van der Waals surface area (Å²) in [6, 6.07) is 9.83. The normalized spacial score (nSPS) is 15.4. The Morgan fingerprint density at radius 2 is 1.71 bits per heavy atom. The Morgan fingerprint density at radius 1 is 0.941 bits per heavy atom. The van der Waals surface area contributed by atoms with E-state index >= 15 is 0 Å². The molecule has 8 nitrogen and oxygen atoms in total. The van der Waals surface area contributed by atoms with Crippen LogP contribution in [-0.4, -0.2) is 59.6 Å². The maximum absolute atomic E-state index is 5.78. The lowest BCUT2D eigenvalue weighted by molar-refractivity contribution is -0.865. The number of hydrogen-bond donors (Lipinski definition) is 0. The second-order valence-electron chi connectivity index (χ2n) is 7.06. The fourth-order valence-corrected chi connectivity index (χ4v) is 3.23. The molecule has 0 amide bonds. The predicted molar refractivity (Wildman–Crippen MR) is 130 cm³/mol. The number of aromatic nitrogens is 1. The molecule has 0 unspecified atom stereocenters. The number of pyridine rings is 1. The van der Waals surface area contributed by atoms with E-state index < -0.39 is 0 Å². The molecule has 2 aromatic rings. The average molecular weight is 468 g/mol. The van der Waals surface area contributed by atoms with Gasteiger partial charge in [-0.3, -0.25) is 4.84 Å². The summed E-state index contributed by atoms with van der Waals surface area (Å²) >= 11 is 0. The lowest BCUT2D eigenvalue weighted by Crippen LogP contribution is -2.40. The second-order valence-corrected chi connectivity index (χ2v) is 7.06. The summed E-state index contributed by atoms with van der Waals surface area (Å²) in [6.07, 6.45) is 11.0. The number of nitrogens with zero attached hydrogens (tertiary/aromatic N) is 2. The summed E-state index contributed by atoms with van der Waals surface area (Å²) in [7, 11) is 3.14. The minimum atomic E-state index is 0.420. The Morgan fingerprint density at radius 3 is 2.44 bits per heavy atom. The van der Waals surface area contributed by atoms with Crippen LogP contribution in [0.25, 0.3) is 10.9 Å². The van der Waals surface area contributed by atoms with Crippen molar-refractivity contribution in [3.05, 3.63) is 84.8 Å². The van der Waals surface area contributed by atoms with Crippen molar-refractivity contribution in [2.45, 2.75) is 0 Å². The average Bonchev–Trinajstić information content (AvgIpc) is 2.86. The molecule has 1 aliphatic carbocycles. The molecule has 1 heterocycles. The monoisotopic (exact) mass is 467 g/mol. The zero-order valence-corrected chi connectivity index (χ0v) is 19.6. The minimum Gasteiger partial charge on any atom is -0.491 e. The Bertz CT molecular complexity index is 1070. The topological polar surface area (TPSA) is 71.6 Å². The summed E-state index contributed by atoms with van der Waals surface area (Å²) < 4.78 is 24.3. The van der Waals surface area contributed by atoms with Crippen molar-refractivity contribution < 1.29 is 33.4 Å². The van der Waals surface area contributed by atoms with Crippen molar-refractivity contribution in [3.8, 4) is 5.75 Å². The smallest absolute Gasteiger partial charge is 0.268 e. The van der Waals surface area contributed by atoms with Gasteiger partial charge in [0.15, 0.2) is 0 Å². The lowest BCUT2D eigenvalue weighted by Gasteiger charge is -2.13. The van der Waals surface area contributed by atoms with Gasteiger partial charge in [-0.05, 0) is 30.4 Å². The molecule has 0 radical (unpaired) electrons. The summed E-state index contributed by atoms with van der Waals surface area (Å²) in [4.78, 5) is 10.2. The number of oxime groups is 1. The van der Waals surface area contributed by atoms with E-state index in [1.807, 2.05) is 60.8 Å². The first kappa shape index (κ1) is 25.0. The van der Waals surface area contributed by atoms with Gasteiger partial charge in [0.2, 0.25) is 6.20 Å². The SMILES string of the molecule is C=C/C=C1/C=CC(OCCOCCOCCOc2ccc3ccc[n+](OC)c3c2)=C/C1=N\OC. The Kier molecular flexibility index (Phi) is 10.2. The maximum Gasteiger partial charge on any atom is 0.268 e. The van der Waals surface area contributed by atoms with E-state index in [0.29, 0.717) is 51.1 Å². The van der Waals surface area contributed by atoms with Gasteiger partial charge in [0, 0.05) is 22.4 Å². The molecule has 1 aromatic heterocycles. The number of ether oxygens (including phenoxy) is 4. The third-order valence-electron chi connectivity index (χ3n) is 4.79. The third kappa shape index (κ3) is 7.47. The molecule has 0 atom stereocenters. The van der Waals surface area contributed by atoms with Crippen LogP contribution in [0.4, 0.5) is 0 Å². The summed E-state index contributed by atoms with van der Waals surface area (Å²) in [6.45, 7) is 6.45. The number of allylic oxidation sites excluding steroid dienone is 6. The van der Waals surface area contributed by atoms with Crippen molar-refractivity contribution >= 4 is 16.6 Å². The van der Waals surface area contributed by atoms with Gasteiger partial charge < -0.3 is 23.8 Å². The molecule has 0 bridgehead atoms. The Balaban J connectivity index is 1.27. The van der Waals surface area contributed by atoms with Gasteiger partial charge in [-0.2, -0.15) is 0 Å². The molecule has 0 aliphatic heterocycles. The Labute approximate surface area is 199 Å². The van der Waals surface area contributed by atoms with Crippen LogP contribution in [0.2, 0.25) is 0 Å². The highest BCUT2D eigenvalue weighted by Crippen LogP contribution is 2.18. The molecule has 1 aliphatic rings. The van der Waals surface area contributed by atoms with Gasteiger partial charge in [-0.25, -0.2) is 0 Å². The quantitative estimate of drug-likeness (QED) is 0.241. The molecule has 180 valence electrons. The zero-order valence-electron chi connectivity index (χ0n) is 19.6. The molecule has 0 saturated heterocycles. The molecular weight excluding hydrogens is 436 g/mol. The van der Waals surface area contributed by atoms with E-state index in [4.69, 9.17) is 28.6 Å². The van der Waals surface area contributed by atoms with Crippen LogP contribution >= 0.6 is 0 Å².